The van der Waals surface area contributed by atoms with E-state index in [0.29, 0.717) is 18.8 Å². The third kappa shape index (κ3) is 3.99. The zero-order valence-corrected chi connectivity index (χ0v) is 16.3. The monoisotopic (exact) mass is 385 g/mol. The predicted octanol–water partition coefficient (Wildman–Crippen LogP) is 4.52. The number of fused-ring (bicyclic) bond motifs is 3. The Balaban J connectivity index is 1.33. The minimum absolute atomic E-state index is 0.0608. The van der Waals surface area contributed by atoms with E-state index in [-0.39, 0.29) is 5.92 Å². The molecule has 0 saturated heterocycles. The smallest absolute Gasteiger partial charge is 0.407 e. The number of pyridine rings is 1. The van der Waals surface area contributed by atoms with E-state index in [4.69, 9.17) is 10.5 Å². The van der Waals surface area contributed by atoms with Gasteiger partial charge in [-0.15, -0.1) is 0 Å². The average molecular weight is 385 g/mol. The van der Waals surface area contributed by atoms with Gasteiger partial charge in [-0.25, -0.2) is 4.79 Å². The number of ether oxygens (including phenoxy) is 1. The zero-order valence-electron chi connectivity index (χ0n) is 16.3. The van der Waals surface area contributed by atoms with Crippen molar-refractivity contribution in [2.75, 3.05) is 18.9 Å². The van der Waals surface area contributed by atoms with Gasteiger partial charge >= 0.3 is 6.09 Å². The van der Waals surface area contributed by atoms with Gasteiger partial charge in [-0.1, -0.05) is 54.6 Å². The Morgan fingerprint density at radius 2 is 1.72 bits per heavy atom. The van der Waals surface area contributed by atoms with Crippen LogP contribution in [0, 0.1) is 6.92 Å². The van der Waals surface area contributed by atoms with Crippen molar-refractivity contribution in [2.24, 2.45) is 0 Å². The van der Waals surface area contributed by atoms with Gasteiger partial charge < -0.3 is 15.8 Å². The van der Waals surface area contributed by atoms with E-state index in [0.717, 1.165) is 11.4 Å². The summed E-state index contributed by atoms with van der Waals surface area (Å²) in [5, 5.41) is 2.75. The molecule has 1 heterocycles. The number of nitrogens with zero attached hydrogens (tertiary/aromatic N) is 1. The van der Waals surface area contributed by atoms with E-state index in [1.807, 2.05) is 55.5 Å². The van der Waals surface area contributed by atoms with E-state index in [1.54, 1.807) is 0 Å². The molecule has 0 aliphatic heterocycles. The molecule has 2 aromatic carbocycles. The summed E-state index contributed by atoms with van der Waals surface area (Å²) in [4.78, 5) is 16.5. The highest BCUT2D eigenvalue weighted by molar-refractivity contribution is 5.79. The zero-order chi connectivity index (χ0) is 20.2. The first kappa shape index (κ1) is 18.7. The molecule has 0 atom stereocenters. The summed E-state index contributed by atoms with van der Waals surface area (Å²) in [7, 11) is 0. The van der Waals surface area contributed by atoms with E-state index < -0.39 is 6.09 Å². The van der Waals surface area contributed by atoms with Crippen molar-refractivity contribution in [1.29, 1.82) is 0 Å². The molecule has 146 valence electrons. The van der Waals surface area contributed by atoms with Gasteiger partial charge in [0.2, 0.25) is 0 Å². The number of rotatable bonds is 5. The standard InChI is InChI=1S/C24H23N3O2/c1-16-23(25)13-12-17(27-16)7-6-14-26-24(28)29-15-22-20-10-4-2-8-18(20)19-9-3-5-11-21(19)22/h2-13,22H,14-15,25H2,1H3,(H,26,28). The molecule has 0 radical (unpaired) electrons. The summed E-state index contributed by atoms with van der Waals surface area (Å²) < 4.78 is 5.51. The first-order chi connectivity index (χ1) is 14.1. The van der Waals surface area contributed by atoms with Gasteiger partial charge in [0.05, 0.1) is 17.1 Å². The Kier molecular flexibility index (Phi) is 5.29. The summed E-state index contributed by atoms with van der Waals surface area (Å²) in [5.74, 6) is 0.0608. The molecule has 0 unspecified atom stereocenters. The van der Waals surface area contributed by atoms with Crippen LogP contribution in [0.25, 0.3) is 17.2 Å². The van der Waals surface area contributed by atoms with Crippen molar-refractivity contribution < 1.29 is 9.53 Å². The predicted molar refractivity (Wildman–Crippen MR) is 115 cm³/mol. The lowest BCUT2D eigenvalue weighted by Gasteiger charge is -2.14. The lowest BCUT2D eigenvalue weighted by molar-refractivity contribution is 0.144. The maximum absolute atomic E-state index is 12.1. The largest absolute Gasteiger partial charge is 0.449 e. The lowest BCUT2D eigenvalue weighted by Crippen LogP contribution is -2.26. The van der Waals surface area contributed by atoms with Crippen molar-refractivity contribution in [3.05, 3.63) is 89.3 Å². The second-order valence-electron chi connectivity index (χ2n) is 7.02. The summed E-state index contributed by atoms with van der Waals surface area (Å²) in [6.07, 6.45) is 3.24. The minimum Gasteiger partial charge on any atom is -0.449 e. The number of hydrogen-bond donors (Lipinski definition) is 2. The number of aromatic nitrogens is 1. The van der Waals surface area contributed by atoms with Gasteiger partial charge in [0.15, 0.2) is 0 Å². The number of nitrogens with two attached hydrogens (primary N) is 1. The Hall–Kier alpha value is -3.60. The second-order valence-corrected chi connectivity index (χ2v) is 7.02. The maximum atomic E-state index is 12.1. The fourth-order valence-electron chi connectivity index (χ4n) is 3.66. The highest BCUT2D eigenvalue weighted by Crippen LogP contribution is 2.44. The maximum Gasteiger partial charge on any atom is 0.407 e. The van der Waals surface area contributed by atoms with Crippen molar-refractivity contribution in [2.45, 2.75) is 12.8 Å². The van der Waals surface area contributed by atoms with Crippen molar-refractivity contribution in [1.82, 2.24) is 10.3 Å². The van der Waals surface area contributed by atoms with Crippen molar-refractivity contribution >= 4 is 17.9 Å². The summed E-state index contributed by atoms with van der Waals surface area (Å²) in [6, 6.07) is 20.2. The number of benzene rings is 2. The van der Waals surface area contributed by atoms with Gasteiger partial charge in [0, 0.05) is 12.5 Å². The first-order valence-electron chi connectivity index (χ1n) is 9.62. The van der Waals surface area contributed by atoms with Crippen LogP contribution in [0.2, 0.25) is 0 Å². The van der Waals surface area contributed by atoms with Crippen molar-refractivity contribution in [3.63, 3.8) is 0 Å². The molecule has 3 aromatic rings. The molecule has 29 heavy (non-hydrogen) atoms. The Bertz CT molecular complexity index is 1030. The molecule has 0 fully saturated rings. The molecule has 0 spiro atoms. The van der Waals surface area contributed by atoms with Crippen LogP contribution < -0.4 is 11.1 Å². The number of carbonyl (C=O) groups excluding carboxylic acids is 1. The third-order valence-electron chi connectivity index (χ3n) is 5.14. The normalized spacial score (nSPS) is 12.6. The lowest BCUT2D eigenvalue weighted by atomic mass is 9.98. The second kappa shape index (κ2) is 8.19. The number of anilines is 1. The quantitative estimate of drug-likeness (QED) is 0.677. The molecular weight excluding hydrogens is 362 g/mol. The molecule has 3 N–H and O–H groups in total. The van der Waals surface area contributed by atoms with Gasteiger partial charge in [-0.3, -0.25) is 4.98 Å². The van der Waals surface area contributed by atoms with Crippen LogP contribution in [-0.4, -0.2) is 24.2 Å². The Labute approximate surface area is 170 Å². The fraction of sp³-hybridized carbons (Fsp3) is 0.167. The van der Waals surface area contributed by atoms with E-state index in [9.17, 15) is 4.79 Å². The molecule has 1 amide bonds. The number of hydrogen-bond acceptors (Lipinski definition) is 4. The summed E-state index contributed by atoms with van der Waals surface area (Å²) >= 11 is 0. The number of amides is 1. The number of carbonyl (C=O) groups is 1. The summed E-state index contributed by atoms with van der Waals surface area (Å²) in [5.41, 5.74) is 12.8. The fourth-order valence-corrected chi connectivity index (χ4v) is 3.66. The van der Waals surface area contributed by atoms with Gasteiger partial charge in [-0.05, 0) is 47.4 Å². The minimum atomic E-state index is -0.432. The highest BCUT2D eigenvalue weighted by atomic mass is 16.5. The molecule has 0 saturated carbocycles. The molecular formula is C24H23N3O2. The number of alkyl carbamates (subject to hydrolysis) is 1. The number of nitrogens with one attached hydrogen (secondary N) is 1. The Morgan fingerprint density at radius 1 is 1.07 bits per heavy atom. The highest BCUT2D eigenvalue weighted by Gasteiger charge is 2.28. The van der Waals surface area contributed by atoms with Crippen LogP contribution in [0.3, 0.4) is 0 Å². The molecule has 5 nitrogen and oxygen atoms in total. The van der Waals surface area contributed by atoms with Crippen molar-refractivity contribution in [3.8, 4) is 11.1 Å². The van der Waals surface area contributed by atoms with Gasteiger partial charge in [-0.2, -0.15) is 0 Å². The van der Waals surface area contributed by atoms with Gasteiger partial charge in [0.1, 0.15) is 6.61 Å². The Morgan fingerprint density at radius 3 is 2.38 bits per heavy atom. The van der Waals surface area contributed by atoms with Gasteiger partial charge in [0.25, 0.3) is 0 Å². The van der Waals surface area contributed by atoms with E-state index in [2.05, 4.69) is 34.6 Å². The molecule has 1 aliphatic carbocycles. The van der Waals surface area contributed by atoms with Crippen LogP contribution in [0.1, 0.15) is 28.4 Å². The topological polar surface area (TPSA) is 77.2 Å². The average Bonchev–Trinajstić information content (AvgIpc) is 3.06. The van der Waals surface area contributed by atoms with Crippen LogP contribution in [-0.2, 0) is 4.74 Å². The molecule has 1 aromatic heterocycles. The van der Waals surface area contributed by atoms with Crippen LogP contribution in [0.4, 0.5) is 10.5 Å². The molecule has 0 bridgehead atoms. The molecule has 5 heteroatoms. The molecule has 1 aliphatic rings. The van der Waals surface area contributed by atoms with E-state index in [1.165, 1.54) is 22.3 Å². The first-order valence-corrected chi connectivity index (χ1v) is 9.62. The van der Waals surface area contributed by atoms with Crippen LogP contribution >= 0.6 is 0 Å². The molecule has 4 rings (SSSR count). The number of aryl methyl sites for hydroxylation is 1. The summed E-state index contributed by atoms with van der Waals surface area (Å²) in [6.45, 7) is 2.53. The van der Waals surface area contributed by atoms with Crippen LogP contribution in [0.5, 0.6) is 0 Å². The third-order valence-corrected chi connectivity index (χ3v) is 5.14. The number of nitrogen functional groups attached to an aromatic ring is 1. The van der Waals surface area contributed by atoms with E-state index >= 15 is 0 Å². The van der Waals surface area contributed by atoms with Crippen LogP contribution in [0.15, 0.2) is 66.7 Å². The SMILES string of the molecule is Cc1nc(C=CCNC(=O)OCC2c3ccccc3-c3ccccc32)ccc1N.